The molecule has 0 aliphatic carbocycles. The third kappa shape index (κ3) is 6.80. The molecule has 0 spiro atoms. The van der Waals surface area contributed by atoms with Crippen LogP contribution in [-0.2, 0) is 11.3 Å². The van der Waals surface area contributed by atoms with E-state index in [1.807, 2.05) is 30.3 Å². The smallest absolute Gasteiger partial charge is 0.405 e. The zero-order valence-corrected chi connectivity index (χ0v) is 20.4. The summed E-state index contributed by atoms with van der Waals surface area (Å²) in [4.78, 5) is 13.7. The summed E-state index contributed by atoms with van der Waals surface area (Å²) in [7, 11) is 0. The van der Waals surface area contributed by atoms with Gasteiger partial charge in [0.1, 0.15) is 18.2 Å². The first-order chi connectivity index (χ1) is 17.6. The van der Waals surface area contributed by atoms with Gasteiger partial charge in [0.25, 0.3) is 0 Å². The molecular weight excluding hydrogens is 512 g/mol. The van der Waals surface area contributed by atoms with Gasteiger partial charge in [0, 0.05) is 47.7 Å². The van der Waals surface area contributed by atoms with Gasteiger partial charge in [-0.15, -0.1) is 13.2 Å². The lowest BCUT2D eigenvalue weighted by atomic mass is 9.85. The molecule has 3 aromatic rings. The Labute approximate surface area is 216 Å². The molecule has 1 fully saturated rings. The standard InChI is InChI=1S/C27H25ClF4N2O3/c28-20-7-8-21(23(29)13-20)18-6-9-25(37-27(30,31)32)19(12-18)14-33-24-10-11-34(26(36)16-35)15-22(24)17-4-2-1-3-5-17/h1-9,12-13,22,24,33,35H,10-11,14-16H2. The number of nitrogens with one attached hydrogen (secondary N) is 1. The fourth-order valence-electron chi connectivity index (χ4n) is 4.63. The molecule has 0 radical (unpaired) electrons. The first-order valence-corrected chi connectivity index (χ1v) is 12.0. The second kappa shape index (κ2) is 11.5. The maximum absolute atomic E-state index is 14.5. The van der Waals surface area contributed by atoms with Crippen molar-refractivity contribution in [1.29, 1.82) is 0 Å². The van der Waals surface area contributed by atoms with Crippen LogP contribution in [0.5, 0.6) is 5.75 Å². The first kappa shape index (κ1) is 26.9. The number of amides is 1. The molecule has 0 bridgehead atoms. The molecule has 37 heavy (non-hydrogen) atoms. The maximum Gasteiger partial charge on any atom is 0.573 e. The normalized spacial score (nSPS) is 18.1. The summed E-state index contributed by atoms with van der Waals surface area (Å²) in [6.45, 7) is 0.160. The number of halogens is 5. The van der Waals surface area contributed by atoms with Crippen LogP contribution in [0.1, 0.15) is 23.5 Å². The predicted molar refractivity (Wildman–Crippen MR) is 132 cm³/mol. The lowest BCUT2D eigenvalue weighted by Gasteiger charge is -2.39. The second-order valence-electron chi connectivity index (χ2n) is 8.79. The van der Waals surface area contributed by atoms with Gasteiger partial charge in [-0.3, -0.25) is 4.79 Å². The lowest BCUT2D eigenvalue weighted by Crippen LogP contribution is -2.50. The van der Waals surface area contributed by atoms with Gasteiger partial charge < -0.3 is 20.1 Å². The molecule has 4 rings (SSSR count). The third-order valence-electron chi connectivity index (χ3n) is 6.41. The molecule has 2 unspecified atom stereocenters. The molecule has 10 heteroatoms. The van der Waals surface area contributed by atoms with Gasteiger partial charge in [0.15, 0.2) is 0 Å². The second-order valence-corrected chi connectivity index (χ2v) is 9.22. The van der Waals surface area contributed by atoms with Crippen LogP contribution in [0.25, 0.3) is 11.1 Å². The molecule has 2 atom stereocenters. The first-order valence-electron chi connectivity index (χ1n) is 11.7. The SMILES string of the molecule is O=C(CO)N1CCC(NCc2cc(-c3ccc(Cl)cc3F)ccc2OC(F)(F)F)C(c2ccccc2)C1. The highest BCUT2D eigenvalue weighted by atomic mass is 35.5. The van der Waals surface area contributed by atoms with Crippen molar-refractivity contribution in [2.24, 2.45) is 0 Å². The Balaban J connectivity index is 1.62. The Hall–Kier alpha value is -3.14. The van der Waals surface area contributed by atoms with Crippen LogP contribution < -0.4 is 10.1 Å². The summed E-state index contributed by atoms with van der Waals surface area (Å²) >= 11 is 5.84. The minimum absolute atomic E-state index is 0.0103. The van der Waals surface area contributed by atoms with Crippen LogP contribution in [0.4, 0.5) is 17.6 Å². The third-order valence-corrected chi connectivity index (χ3v) is 6.65. The van der Waals surface area contributed by atoms with Crippen LogP contribution >= 0.6 is 11.6 Å². The minimum Gasteiger partial charge on any atom is -0.405 e. The molecule has 1 heterocycles. The van der Waals surface area contributed by atoms with Crippen molar-refractivity contribution in [2.45, 2.75) is 31.3 Å². The van der Waals surface area contributed by atoms with E-state index in [1.165, 1.54) is 30.3 Å². The number of hydrogen-bond donors (Lipinski definition) is 2. The quantitative estimate of drug-likeness (QED) is 0.391. The number of benzene rings is 3. The number of nitrogens with zero attached hydrogens (tertiary/aromatic N) is 1. The number of alkyl halides is 3. The number of carbonyl (C=O) groups is 1. The molecule has 1 amide bonds. The molecule has 3 aromatic carbocycles. The predicted octanol–water partition coefficient (Wildman–Crippen LogP) is 5.51. The summed E-state index contributed by atoms with van der Waals surface area (Å²) in [5, 5.41) is 12.8. The fourth-order valence-corrected chi connectivity index (χ4v) is 4.79. The van der Waals surface area contributed by atoms with Crippen molar-refractivity contribution in [1.82, 2.24) is 10.2 Å². The molecule has 1 saturated heterocycles. The molecule has 1 aliphatic heterocycles. The van der Waals surface area contributed by atoms with E-state index in [4.69, 9.17) is 11.6 Å². The van der Waals surface area contributed by atoms with E-state index in [-0.39, 0.29) is 46.3 Å². The van der Waals surface area contributed by atoms with Crippen molar-refractivity contribution >= 4 is 17.5 Å². The van der Waals surface area contributed by atoms with E-state index in [2.05, 4.69) is 10.1 Å². The summed E-state index contributed by atoms with van der Waals surface area (Å²) in [6, 6.07) is 17.4. The van der Waals surface area contributed by atoms with E-state index >= 15 is 0 Å². The van der Waals surface area contributed by atoms with Crippen LogP contribution in [0, 0.1) is 5.82 Å². The highest BCUT2D eigenvalue weighted by Gasteiger charge is 2.34. The lowest BCUT2D eigenvalue weighted by molar-refractivity contribution is -0.274. The van der Waals surface area contributed by atoms with E-state index in [9.17, 15) is 27.5 Å². The zero-order valence-electron chi connectivity index (χ0n) is 19.6. The van der Waals surface area contributed by atoms with Gasteiger partial charge in [-0.25, -0.2) is 4.39 Å². The van der Waals surface area contributed by atoms with E-state index in [1.54, 1.807) is 4.90 Å². The Morgan fingerprint density at radius 1 is 1.11 bits per heavy atom. The Bertz CT molecular complexity index is 1240. The molecule has 5 nitrogen and oxygen atoms in total. The number of aliphatic hydroxyl groups excluding tert-OH is 1. The van der Waals surface area contributed by atoms with E-state index < -0.39 is 18.8 Å². The molecule has 1 aliphatic rings. The average Bonchev–Trinajstić information content (AvgIpc) is 2.87. The molecular formula is C27H25ClF4N2O3. The molecule has 0 saturated carbocycles. The zero-order chi connectivity index (χ0) is 26.6. The van der Waals surface area contributed by atoms with E-state index in [0.717, 1.165) is 11.6 Å². The van der Waals surface area contributed by atoms with Gasteiger partial charge >= 0.3 is 6.36 Å². The van der Waals surface area contributed by atoms with Crippen molar-refractivity contribution in [3.05, 3.63) is 88.7 Å². The Morgan fingerprint density at radius 3 is 2.54 bits per heavy atom. The average molecular weight is 537 g/mol. The number of aliphatic hydroxyl groups is 1. The van der Waals surface area contributed by atoms with Crippen LogP contribution in [-0.4, -0.2) is 48.0 Å². The Kier molecular flexibility index (Phi) is 8.36. The van der Waals surface area contributed by atoms with Gasteiger partial charge in [0.2, 0.25) is 5.91 Å². The summed E-state index contributed by atoms with van der Waals surface area (Å²) in [5.74, 6) is -1.52. The number of rotatable bonds is 7. The fraction of sp³-hybridized carbons (Fsp3) is 0.296. The van der Waals surface area contributed by atoms with Gasteiger partial charge in [-0.05, 0) is 47.9 Å². The van der Waals surface area contributed by atoms with Crippen molar-refractivity contribution in [3.63, 3.8) is 0 Å². The van der Waals surface area contributed by atoms with Crippen molar-refractivity contribution in [2.75, 3.05) is 19.7 Å². The highest BCUT2D eigenvalue weighted by molar-refractivity contribution is 6.30. The van der Waals surface area contributed by atoms with E-state index in [0.29, 0.717) is 25.1 Å². The Morgan fingerprint density at radius 2 is 1.86 bits per heavy atom. The van der Waals surface area contributed by atoms with Gasteiger partial charge in [-0.2, -0.15) is 0 Å². The molecule has 0 aromatic heterocycles. The van der Waals surface area contributed by atoms with Crippen LogP contribution in [0.3, 0.4) is 0 Å². The monoisotopic (exact) mass is 536 g/mol. The van der Waals surface area contributed by atoms with Crippen LogP contribution in [0.15, 0.2) is 66.7 Å². The van der Waals surface area contributed by atoms with Crippen molar-refractivity contribution < 1.29 is 32.2 Å². The molecule has 196 valence electrons. The number of likely N-dealkylation sites (tertiary alicyclic amines) is 1. The van der Waals surface area contributed by atoms with Crippen molar-refractivity contribution in [3.8, 4) is 16.9 Å². The number of piperidine rings is 1. The van der Waals surface area contributed by atoms with Gasteiger partial charge in [0.05, 0.1) is 0 Å². The van der Waals surface area contributed by atoms with Crippen LogP contribution in [0.2, 0.25) is 5.02 Å². The number of ether oxygens (including phenoxy) is 1. The number of hydrogen-bond acceptors (Lipinski definition) is 4. The summed E-state index contributed by atoms with van der Waals surface area (Å²) < 4.78 is 58.1. The largest absolute Gasteiger partial charge is 0.573 e. The minimum atomic E-state index is -4.90. The summed E-state index contributed by atoms with van der Waals surface area (Å²) in [5.41, 5.74) is 1.73. The summed E-state index contributed by atoms with van der Waals surface area (Å²) in [6.07, 6.45) is -4.38. The highest BCUT2D eigenvalue weighted by Crippen LogP contribution is 2.34. The molecule has 2 N–H and O–H groups in total. The van der Waals surface area contributed by atoms with Gasteiger partial charge in [-0.1, -0.05) is 48.0 Å². The number of carbonyl (C=O) groups excluding carboxylic acids is 1. The maximum atomic E-state index is 14.5. The topological polar surface area (TPSA) is 61.8 Å².